The normalized spacial score (nSPS) is 10.3. The highest BCUT2D eigenvalue weighted by Gasteiger charge is 2.12. The Morgan fingerprint density at radius 3 is 2.40 bits per heavy atom. The maximum Gasteiger partial charge on any atom is 0.175 e. The van der Waals surface area contributed by atoms with Gasteiger partial charge in [-0.05, 0) is 35.9 Å². The number of hydrogen-bond acceptors (Lipinski definition) is 3. The molecule has 0 fully saturated rings. The summed E-state index contributed by atoms with van der Waals surface area (Å²) in [6, 6.07) is 14.4. The zero-order valence-corrected chi connectivity index (χ0v) is 13.0. The number of hydrogen-bond donors (Lipinski definition) is 0. The van der Waals surface area contributed by atoms with Crippen molar-refractivity contribution in [2.75, 3.05) is 13.4 Å². The van der Waals surface area contributed by atoms with E-state index in [2.05, 4.69) is 37.4 Å². The lowest BCUT2D eigenvalue weighted by Gasteiger charge is -2.15. The number of benzene rings is 2. The van der Waals surface area contributed by atoms with Crippen molar-refractivity contribution in [1.82, 2.24) is 0 Å². The summed E-state index contributed by atoms with van der Waals surface area (Å²) >= 11 is 1.68. The summed E-state index contributed by atoms with van der Waals surface area (Å²) < 4.78 is 11.5. The van der Waals surface area contributed by atoms with Crippen LogP contribution in [0.25, 0.3) is 0 Å². The minimum atomic E-state index is 0.552. The Balaban J connectivity index is 2.25. The standard InChI is InChI=1S/C17H20O2S/c1-4-13-10-15(18-2)17(16(11-13)20-3)19-12-14-8-6-5-7-9-14/h5-11H,4,12H2,1-3H3. The molecule has 0 atom stereocenters. The van der Waals surface area contributed by atoms with Gasteiger partial charge in [-0.1, -0.05) is 37.3 Å². The van der Waals surface area contributed by atoms with Crippen LogP contribution in [0, 0.1) is 0 Å². The van der Waals surface area contributed by atoms with E-state index in [1.165, 1.54) is 5.56 Å². The van der Waals surface area contributed by atoms with Gasteiger partial charge in [-0.3, -0.25) is 0 Å². The maximum absolute atomic E-state index is 5.99. The smallest absolute Gasteiger partial charge is 0.175 e. The average molecular weight is 288 g/mol. The van der Waals surface area contributed by atoms with Gasteiger partial charge >= 0.3 is 0 Å². The van der Waals surface area contributed by atoms with Crippen molar-refractivity contribution in [3.8, 4) is 11.5 Å². The Labute approximate surface area is 125 Å². The summed E-state index contributed by atoms with van der Waals surface area (Å²) in [4.78, 5) is 1.12. The number of aryl methyl sites for hydroxylation is 1. The fraction of sp³-hybridized carbons (Fsp3) is 0.294. The van der Waals surface area contributed by atoms with Crippen molar-refractivity contribution in [2.24, 2.45) is 0 Å². The van der Waals surface area contributed by atoms with Crippen LogP contribution in [-0.4, -0.2) is 13.4 Å². The van der Waals surface area contributed by atoms with Crippen LogP contribution in [-0.2, 0) is 13.0 Å². The molecule has 2 aromatic carbocycles. The van der Waals surface area contributed by atoms with Gasteiger partial charge in [-0.15, -0.1) is 11.8 Å². The molecule has 0 spiro atoms. The maximum atomic E-state index is 5.99. The molecule has 2 nitrogen and oxygen atoms in total. The van der Waals surface area contributed by atoms with Gasteiger partial charge in [-0.2, -0.15) is 0 Å². The van der Waals surface area contributed by atoms with Gasteiger partial charge < -0.3 is 9.47 Å². The third-order valence-corrected chi connectivity index (χ3v) is 3.90. The summed E-state index contributed by atoms with van der Waals surface area (Å²) in [7, 11) is 1.69. The van der Waals surface area contributed by atoms with Crippen LogP contribution in [0.4, 0.5) is 0 Å². The van der Waals surface area contributed by atoms with E-state index in [1.807, 2.05) is 18.2 Å². The summed E-state index contributed by atoms with van der Waals surface area (Å²) in [5.74, 6) is 1.64. The van der Waals surface area contributed by atoms with Crippen LogP contribution in [0.3, 0.4) is 0 Å². The molecule has 0 radical (unpaired) electrons. The Morgan fingerprint density at radius 1 is 1.05 bits per heavy atom. The largest absolute Gasteiger partial charge is 0.493 e. The van der Waals surface area contributed by atoms with Crippen LogP contribution in [0.1, 0.15) is 18.1 Å². The van der Waals surface area contributed by atoms with Gasteiger partial charge in [0.1, 0.15) is 6.61 Å². The van der Waals surface area contributed by atoms with E-state index in [9.17, 15) is 0 Å². The van der Waals surface area contributed by atoms with E-state index < -0.39 is 0 Å². The predicted octanol–water partition coefficient (Wildman–Crippen LogP) is 4.56. The second kappa shape index (κ2) is 7.25. The Hall–Kier alpha value is -1.61. The predicted molar refractivity (Wildman–Crippen MR) is 84.9 cm³/mol. The van der Waals surface area contributed by atoms with Gasteiger partial charge in [0, 0.05) is 0 Å². The van der Waals surface area contributed by atoms with Gasteiger partial charge in [0.15, 0.2) is 11.5 Å². The molecule has 2 aromatic rings. The highest BCUT2D eigenvalue weighted by molar-refractivity contribution is 7.98. The third kappa shape index (κ3) is 3.48. The van der Waals surface area contributed by atoms with Crippen LogP contribution in [0.2, 0.25) is 0 Å². The quantitative estimate of drug-likeness (QED) is 0.726. The molecule has 3 heteroatoms. The van der Waals surface area contributed by atoms with Crippen LogP contribution >= 0.6 is 11.8 Å². The molecule has 0 aliphatic carbocycles. The molecular weight excluding hydrogens is 268 g/mol. The summed E-state index contributed by atoms with van der Waals surface area (Å²) in [5.41, 5.74) is 2.42. The second-order valence-electron chi connectivity index (χ2n) is 4.46. The second-order valence-corrected chi connectivity index (χ2v) is 5.31. The third-order valence-electron chi connectivity index (χ3n) is 3.15. The molecule has 0 aromatic heterocycles. The molecular formula is C17H20O2S. The molecule has 0 amide bonds. The van der Waals surface area contributed by atoms with Crippen LogP contribution < -0.4 is 9.47 Å². The number of rotatable bonds is 6. The highest BCUT2D eigenvalue weighted by atomic mass is 32.2. The lowest BCUT2D eigenvalue weighted by molar-refractivity contribution is 0.277. The number of ether oxygens (including phenoxy) is 2. The Kier molecular flexibility index (Phi) is 5.36. The van der Waals surface area contributed by atoms with Gasteiger partial charge in [-0.25, -0.2) is 0 Å². The average Bonchev–Trinajstić information content (AvgIpc) is 2.52. The van der Waals surface area contributed by atoms with Crippen molar-refractivity contribution in [2.45, 2.75) is 24.8 Å². The van der Waals surface area contributed by atoms with Gasteiger partial charge in [0.2, 0.25) is 0 Å². The fourth-order valence-electron chi connectivity index (χ4n) is 2.01. The van der Waals surface area contributed by atoms with Crippen molar-refractivity contribution >= 4 is 11.8 Å². The Bertz CT molecular complexity index is 527. The zero-order valence-electron chi connectivity index (χ0n) is 12.2. The van der Waals surface area contributed by atoms with Crippen molar-refractivity contribution in [3.63, 3.8) is 0 Å². The first-order chi connectivity index (χ1) is 9.78. The molecule has 0 unspecified atom stereocenters. The lowest BCUT2D eigenvalue weighted by Crippen LogP contribution is -2.00. The monoisotopic (exact) mass is 288 g/mol. The molecule has 0 heterocycles. The van der Waals surface area contributed by atoms with E-state index in [0.29, 0.717) is 6.61 Å². The number of methoxy groups -OCH3 is 1. The number of thioether (sulfide) groups is 1. The summed E-state index contributed by atoms with van der Waals surface area (Å²) in [6.45, 7) is 2.69. The van der Waals surface area contributed by atoms with Gasteiger partial charge in [0.25, 0.3) is 0 Å². The molecule has 0 aliphatic heterocycles. The van der Waals surface area contributed by atoms with Gasteiger partial charge in [0.05, 0.1) is 12.0 Å². The molecule has 0 N–H and O–H groups in total. The lowest BCUT2D eigenvalue weighted by atomic mass is 10.1. The molecule has 0 bridgehead atoms. The van der Waals surface area contributed by atoms with E-state index in [-0.39, 0.29) is 0 Å². The SMILES string of the molecule is CCc1cc(OC)c(OCc2ccccc2)c(SC)c1. The van der Waals surface area contributed by atoms with E-state index in [4.69, 9.17) is 9.47 Å². The van der Waals surface area contributed by atoms with E-state index in [0.717, 1.165) is 28.4 Å². The summed E-state index contributed by atoms with van der Waals surface area (Å²) in [6.07, 6.45) is 3.05. The van der Waals surface area contributed by atoms with E-state index >= 15 is 0 Å². The highest BCUT2D eigenvalue weighted by Crippen LogP contribution is 2.38. The first-order valence-corrected chi connectivity index (χ1v) is 7.92. The molecule has 0 saturated carbocycles. The Morgan fingerprint density at radius 2 is 1.80 bits per heavy atom. The van der Waals surface area contributed by atoms with E-state index in [1.54, 1.807) is 18.9 Å². The van der Waals surface area contributed by atoms with Crippen LogP contribution in [0.15, 0.2) is 47.4 Å². The van der Waals surface area contributed by atoms with Crippen molar-refractivity contribution < 1.29 is 9.47 Å². The minimum Gasteiger partial charge on any atom is -0.493 e. The molecule has 20 heavy (non-hydrogen) atoms. The molecule has 106 valence electrons. The zero-order chi connectivity index (χ0) is 14.4. The molecule has 2 rings (SSSR count). The van der Waals surface area contributed by atoms with Crippen molar-refractivity contribution in [1.29, 1.82) is 0 Å². The first-order valence-electron chi connectivity index (χ1n) is 6.70. The summed E-state index contributed by atoms with van der Waals surface area (Å²) in [5, 5.41) is 0. The minimum absolute atomic E-state index is 0.552. The molecule has 0 saturated heterocycles. The topological polar surface area (TPSA) is 18.5 Å². The van der Waals surface area contributed by atoms with Crippen molar-refractivity contribution in [3.05, 3.63) is 53.6 Å². The fourth-order valence-corrected chi connectivity index (χ4v) is 2.62. The van der Waals surface area contributed by atoms with Crippen LogP contribution in [0.5, 0.6) is 11.5 Å². The molecule has 0 aliphatic rings. The first kappa shape index (κ1) is 14.8.